The molecule has 0 saturated carbocycles. The Morgan fingerprint density at radius 3 is 2.81 bits per heavy atom. The van der Waals surface area contributed by atoms with Crippen LogP contribution >= 0.6 is 11.8 Å². The number of nitrogens with one attached hydrogen (secondary N) is 1. The fraction of sp³-hybridized carbons (Fsp3) is 0.211. The number of amides is 1. The summed E-state index contributed by atoms with van der Waals surface area (Å²) < 4.78 is 1.85. The number of hydrogen-bond acceptors (Lipinski definition) is 6. The molecule has 2 heterocycles. The Morgan fingerprint density at radius 2 is 2.07 bits per heavy atom. The molecule has 0 saturated heterocycles. The van der Waals surface area contributed by atoms with Crippen LogP contribution in [0.5, 0.6) is 0 Å². The van der Waals surface area contributed by atoms with Crippen LogP contribution < -0.4 is 5.43 Å². The number of aromatic nitrogens is 3. The molecule has 0 unspecified atom stereocenters. The van der Waals surface area contributed by atoms with E-state index in [0.29, 0.717) is 5.16 Å². The number of para-hydroxylation sites is 1. The number of carbonyl (C=O) groups is 1. The Labute approximate surface area is 161 Å². The van der Waals surface area contributed by atoms with Gasteiger partial charge >= 0.3 is 0 Å². The van der Waals surface area contributed by atoms with Gasteiger partial charge in [0, 0.05) is 34.1 Å². The van der Waals surface area contributed by atoms with Crippen molar-refractivity contribution in [2.45, 2.75) is 25.5 Å². The van der Waals surface area contributed by atoms with Crippen LogP contribution in [0.1, 0.15) is 17.0 Å². The molecule has 0 spiro atoms. The Hall–Kier alpha value is -3.18. The first-order valence-corrected chi connectivity index (χ1v) is 9.27. The summed E-state index contributed by atoms with van der Waals surface area (Å²) in [5, 5.41) is 14.5. The lowest BCUT2D eigenvalue weighted by molar-refractivity contribution is -0.118. The molecular weight excluding hydrogens is 360 g/mol. The maximum absolute atomic E-state index is 12.0. The maximum atomic E-state index is 12.0. The van der Waals surface area contributed by atoms with Crippen LogP contribution in [0, 0.1) is 25.2 Å². The van der Waals surface area contributed by atoms with Gasteiger partial charge in [-0.3, -0.25) is 4.79 Å². The van der Waals surface area contributed by atoms with E-state index in [9.17, 15) is 4.79 Å². The summed E-state index contributed by atoms with van der Waals surface area (Å²) in [6.45, 7) is 4.05. The van der Waals surface area contributed by atoms with Crippen LogP contribution in [0.2, 0.25) is 0 Å². The molecule has 0 aliphatic heterocycles. The van der Waals surface area contributed by atoms with Crippen molar-refractivity contribution in [3.05, 3.63) is 53.5 Å². The second-order valence-corrected chi connectivity index (χ2v) is 6.85. The number of carbonyl (C=O) groups excluding carboxylic acids is 1. The number of nitrogens with zero attached hydrogens (tertiary/aromatic N) is 5. The fourth-order valence-electron chi connectivity index (χ4n) is 2.68. The SMILES string of the molecule is Cc1cc(C)nc(SCC(=O)N/N=C\c2cn(CC#N)c3ccccc23)n1. The highest BCUT2D eigenvalue weighted by Gasteiger charge is 2.07. The van der Waals surface area contributed by atoms with Gasteiger partial charge in [-0.15, -0.1) is 0 Å². The van der Waals surface area contributed by atoms with Gasteiger partial charge in [0.15, 0.2) is 5.16 Å². The minimum Gasteiger partial charge on any atom is -0.333 e. The molecule has 1 N–H and O–H groups in total. The maximum Gasteiger partial charge on any atom is 0.250 e. The highest BCUT2D eigenvalue weighted by molar-refractivity contribution is 7.99. The van der Waals surface area contributed by atoms with Crippen molar-refractivity contribution in [1.29, 1.82) is 5.26 Å². The molecule has 3 aromatic rings. The number of aryl methyl sites for hydroxylation is 2. The molecule has 1 amide bonds. The standard InChI is InChI=1S/C19H18N6OS/c1-13-9-14(2)23-19(22-13)27-12-18(26)24-21-10-15-11-25(8-7-20)17-6-4-3-5-16(15)17/h3-6,9-11H,8,12H2,1-2H3,(H,24,26)/b21-10-. The van der Waals surface area contributed by atoms with Crippen molar-refractivity contribution >= 4 is 34.8 Å². The minimum absolute atomic E-state index is 0.177. The first kappa shape index (κ1) is 18.6. The molecule has 136 valence electrons. The summed E-state index contributed by atoms with van der Waals surface area (Å²) in [5.74, 6) is -0.0593. The molecule has 1 aromatic carbocycles. The van der Waals surface area contributed by atoms with Crippen molar-refractivity contribution < 1.29 is 4.79 Å². The van der Waals surface area contributed by atoms with E-state index in [1.165, 1.54) is 11.8 Å². The van der Waals surface area contributed by atoms with Crippen LogP contribution in [0.25, 0.3) is 10.9 Å². The third-order valence-corrected chi connectivity index (χ3v) is 4.59. The van der Waals surface area contributed by atoms with Crippen LogP contribution in [-0.2, 0) is 11.3 Å². The van der Waals surface area contributed by atoms with E-state index >= 15 is 0 Å². The zero-order valence-corrected chi connectivity index (χ0v) is 15.8. The number of nitriles is 1. The lowest BCUT2D eigenvalue weighted by Crippen LogP contribution is -2.19. The first-order chi connectivity index (χ1) is 13.1. The first-order valence-electron chi connectivity index (χ1n) is 8.28. The zero-order chi connectivity index (χ0) is 19.2. The number of rotatable bonds is 6. The van der Waals surface area contributed by atoms with Gasteiger partial charge in [-0.1, -0.05) is 30.0 Å². The fourth-order valence-corrected chi connectivity index (χ4v) is 3.42. The summed E-state index contributed by atoms with van der Waals surface area (Å²) in [6.07, 6.45) is 3.44. The van der Waals surface area contributed by atoms with Crippen molar-refractivity contribution in [2.24, 2.45) is 5.10 Å². The predicted molar refractivity (Wildman–Crippen MR) is 106 cm³/mol. The summed E-state index contributed by atoms with van der Waals surface area (Å²) in [5.41, 5.74) is 6.05. The van der Waals surface area contributed by atoms with Gasteiger partial charge < -0.3 is 4.57 Å². The van der Waals surface area contributed by atoms with Gasteiger partial charge in [0.1, 0.15) is 6.54 Å². The molecule has 27 heavy (non-hydrogen) atoms. The van der Waals surface area contributed by atoms with E-state index < -0.39 is 0 Å². The van der Waals surface area contributed by atoms with E-state index in [1.807, 2.05) is 54.9 Å². The lowest BCUT2D eigenvalue weighted by atomic mass is 10.2. The van der Waals surface area contributed by atoms with Gasteiger partial charge in [0.2, 0.25) is 0 Å². The third kappa shape index (κ3) is 4.71. The lowest BCUT2D eigenvalue weighted by Gasteiger charge is -2.02. The Morgan fingerprint density at radius 1 is 1.33 bits per heavy atom. The molecule has 0 aliphatic carbocycles. The molecule has 0 atom stereocenters. The second kappa shape index (κ2) is 8.47. The largest absolute Gasteiger partial charge is 0.333 e. The van der Waals surface area contributed by atoms with E-state index in [1.54, 1.807) is 6.21 Å². The second-order valence-electron chi connectivity index (χ2n) is 5.90. The normalized spacial score (nSPS) is 11.0. The minimum atomic E-state index is -0.236. The number of hydrazone groups is 1. The van der Waals surface area contributed by atoms with Crippen LogP contribution in [0.3, 0.4) is 0 Å². The van der Waals surface area contributed by atoms with E-state index in [4.69, 9.17) is 5.26 Å². The van der Waals surface area contributed by atoms with E-state index in [2.05, 4.69) is 26.6 Å². The van der Waals surface area contributed by atoms with E-state index in [-0.39, 0.29) is 18.2 Å². The van der Waals surface area contributed by atoms with Gasteiger partial charge in [-0.2, -0.15) is 10.4 Å². The molecule has 0 radical (unpaired) electrons. The topological polar surface area (TPSA) is 96.0 Å². The number of benzene rings is 1. The molecule has 0 fully saturated rings. The number of hydrogen-bond donors (Lipinski definition) is 1. The quantitative estimate of drug-likeness (QED) is 0.308. The van der Waals surface area contributed by atoms with E-state index in [0.717, 1.165) is 27.9 Å². The summed E-state index contributed by atoms with van der Waals surface area (Å²) >= 11 is 1.27. The Bertz CT molecular complexity index is 1030. The number of thioether (sulfide) groups is 1. The van der Waals surface area contributed by atoms with Gasteiger partial charge in [0.25, 0.3) is 5.91 Å². The van der Waals surface area contributed by atoms with Crippen LogP contribution in [-0.4, -0.2) is 32.4 Å². The van der Waals surface area contributed by atoms with Crippen LogP contribution in [0.4, 0.5) is 0 Å². The third-order valence-electron chi connectivity index (χ3n) is 3.75. The molecule has 2 aromatic heterocycles. The highest BCUT2D eigenvalue weighted by Crippen LogP contribution is 2.19. The molecule has 0 aliphatic rings. The summed E-state index contributed by atoms with van der Waals surface area (Å²) in [6, 6.07) is 11.8. The summed E-state index contributed by atoms with van der Waals surface area (Å²) in [4.78, 5) is 20.6. The molecule has 7 nitrogen and oxygen atoms in total. The highest BCUT2D eigenvalue weighted by atomic mass is 32.2. The van der Waals surface area contributed by atoms with Crippen molar-refractivity contribution in [3.8, 4) is 6.07 Å². The van der Waals surface area contributed by atoms with Gasteiger partial charge in [0.05, 0.1) is 18.0 Å². The average Bonchev–Trinajstić information content (AvgIpc) is 2.98. The molecule has 8 heteroatoms. The monoisotopic (exact) mass is 378 g/mol. The van der Waals surface area contributed by atoms with Crippen LogP contribution in [0.15, 0.2) is 46.8 Å². The van der Waals surface area contributed by atoms with Crippen molar-refractivity contribution in [2.75, 3.05) is 5.75 Å². The Kier molecular flexibility index (Phi) is 5.84. The summed E-state index contributed by atoms with van der Waals surface area (Å²) in [7, 11) is 0. The van der Waals surface area contributed by atoms with Gasteiger partial charge in [-0.25, -0.2) is 15.4 Å². The zero-order valence-electron chi connectivity index (χ0n) is 15.0. The molecular formula is C19H18N6OS. The van der Waals surface area contributed by atoms with Gasteiger partial charge in [-0.05, 0) is 26.0 Å². The predicted octanol–water partition coefficient (Wildman–Crippen LogP) is 2.81. The smallest absolute Gasteiger partial charge is 0.250 e. The van der Waals surface area contributed by atoms with Crippen molar-refractivity contribution in [1.82, 2.24) is 20.0 Å². The average molecular weight is 378 g/mol. The number of fused-ring (bicyclic) bond motifs is 1. The van der Waals surface area contributed by atoms with Crippen molar-refractivity contribution in [3.63, 3.8) is 0 Å². The molecule has 3 rings (SSSR count). The molecule has 0 bridgehead atoms. The Balaban J connectivity index is 1.63.